The number of carbonyl (C=O) groups excluding carboxylic acids is 1. The number of hydrogen-bond acceptors (Lipinski definition) is 8. The van der Waals surface area contributed by atoms with E-state index in [1.165, 1.54) is 16.2 Å². The van der Waals surface area contributed by atoms with Crippen LogP contribution in [0, 0.1) is 13.8 Å². The van der Waals surface area contributed by atoms with Gasteiger partial charge in [-0.05, 0) is 74.6 Å². The highest BCUT2D eigenvalue weighted by atomic mass is 32.1. The first-order valence-corrected chi connectivity index (χ1v) is 14.3. The fraction of sp³-hybridized carbons (Fsp3) is 0.400. The van der Waals surface area contributed by atoms with Gasteiger partial charge in [-0.2, -0.15) is 0 Å². The molecule has 3 heterocycles. The maximum Gasteiger partial charge on any atom is 0.297 e. The SMILES string of the molecule is CCCCCOc1ccc(C2c3c(oc4cc(C)c(C)cc4c3=O)C(=O)N2c2nnc(CC)s2)cc1OCC. The molecular formula is C30H33N3O5S. The average molecular weight is 548 g/mol. The molecule has 2 aromatic heterocycles. The molecule has 8 nitrogen and oxygen atoms in total. The predicted molar refractivity (Wildman–Crippen MR) is 153 cm³/mol. The van der Waals surface area contributed by atoms with Gasteiger partial charge < -0.3 is 13.9 Å². The van der Waals surface area contributed by atoms with Crippen LogP contribution in [-0.2, 0) is 6.42 Å². The van der Waals surface area contributed by atoms with Crippen molar-refractivity contribution in [1.82, 2.24) is 10.2 Å². The summed E-state index contributed by atoms with van der Waals surface area (Å²) in [6, 6.07) is 8.48. The second-order valence-corrected chi connectivity index (χ2v) is 10.8. The summed E-state index contributed by atoms with van der Waals surface area (Å²) in [6.45, 7) is 11.0. The van der Waals surface area contributed by atoms with Crippen molar-refractivity contribution < 1.29 is 18.7 Å². The largest absolute Gasteiger partial charge is 0.490 e. The Morgan fingerprint density at radius 1 is 0.974 bits per heavy atom. The van der Waals surface area contributed by atoms with Crippen LogP contribution in [0.2, 0.25) is 0 Å². The van der Waals surface area contributed by atoms with Crippen LogP contribution < -0.4 is 19.8 Å². The molecular weight excluding hydrogens is 514 g/mol. The van der Waals surface area contributed by atoms with E-state index in [9.17, 15) is 9.59 Å². The van der Waals surface area contributed by atoms with Crippen LogP contribution >= 0.6 is 11.3 Å². The summed E-state index contributed by atoms with van der Waals surface area (Å²) in [6.07, 6.45) is 3.83. The summed E-state index contributed by atoms with van der Waals surface area (Å²) < 4.78 is 18.1. The summed E-state index contributed by atoms with van der Waals surface area (Å²) in [5.74, 6) is 0.819. The Morgan fingerprint density at radius 2 is 1.77 bits per heavy atom. The third kappa shape index (κ3) is 4.91. The molecule has 1 aliphatic rings. The van der Waals surface area contributed by atoms with Crippen molar-refractivity contribution in [1.29, 1.82) is 0 Å². The van der Waals surface area contributed by atoms with Gasteiger partial charge in [-0.3, -0.25) is 14.5 Å². The fourth-order valence-electron chi connectivity index (χ4n) is 4.84. The van der Waals surface area contributed by atoms with E-state index in [0.29, 0.717) is 58.4 Å². The van der Waals surface area contributed by atoms with Crippen molar-refractivity contribution in [3.8, 4) is 11.5 Å². The van der Waals surface area contributed by atoms with Crippen LogP contribution in [0.3, 0.4) is 0 Å². The number of anilines is 1. The molecule has 9 heteroatoms. The standard InChI is InChI=1S/C30H33N3O5S/c1-6-9-10-13-37-21-12-11-19(16-23(21)36-8-3)26-25-27(34)20-14-17(4)18(5)15-22(20)38-28(25)29(35)33(26)30-32-31-24(7-2)39-30/h11-12,14-16,26H,6-10,13H2,1-5H3. The van der Waals surface area contributed by atoms with Gasteiger partial charge in [0.2, 0.25) is 10.9 Å². The lowest BCUT2D eigenvalue weighted by atomic mass is 9.97. The van der Waals surface area contributed by atoms with E-state index >= 15 is 0 Å². The molecule has 1 amide bonds. The molecule has 0 radical (unpaired) electrons. The normalized spacial score (nSPS) is 14.7. The van der Waals surface area contributed by atoms with Crippen molar-refractivity contribution in [2.45, 2.75) is 66.3 Å². The number of rotatable bonds is 10. The molecule has 0 aliphatic carbocycles. The van der Waals surface area contributed by atoms with Gasteiger partial charge in [0, 0.05) is 0 Å². The monoisotopic (exact) mass is 547 g/mol. The highest BCUT2D eigenvalue weighted by Gasteiger charge is 2.45. The summed E-state index contributed by atoms with van der Waals surface area (Å²) in [5.41, 5.74) is 3.13. The molecule has 39 heavy (non-hydrogen) atoms. The molecule has 204 valence electrons. The Labute approximate surface area is 231 Å². The zero-order valence-corrected chi connectivity index (χ0v) is 23.8. The first-order valence-electron chi connectivity index (χ1n) is 13.5. The number of unbranched alkanes of at least 4 members (excludes halogenated alkanes) is 2. The van der Waals surface area contributed by atoms with Crippen molar-refractivity contribution in [2.75, 3.05) is 18.1 Å². The maximum atomic E-state index is 14.0. The zero-order chi connectivity index (χ0) is 27.7. The molecule has 4 aromatic rings. The number of hydrogen-bond donors (Lipinski definition) is 0. The van der Waals surface area contributed by atoms with Crippen LogP contribution in [0.1, 0.15) is 83.9 Å². The Hall–Kier alpha value is -3.72. The third-order valence-electron chi connectivity index (χ3n) is 7.04. The first-order chi connectivity index (χ1) is 18.9. The van der Waals surface area contributed by atoms with Gasteiger partial charge in [0.1, 0.15) is 10.6 Å². The highest BCUT2D eigenvalue weighted by Crippen LogP contribution is 2.44. The quantitative estimate of drug-likeness (QED) is 0.208. The Balaban J connectivity index is 1.68. The fourth-order valence-corrected chi connectivity index (χ4v) is 5.65. The lowest BCUT2D eigenvalue weighted by molar-refractivity contribution is 0.0970. The third-order valence-corrected chi connectivity index (χ3v) is 8.11. The lowest BCUT2D eigenvalue weighted by Gasteiger charge is -2.23. The lowest BCUT2D eigenvalue weighted by Crippen LogP contribution is -2.29. The molecule has 1 atom stereocenters. The van der Waals surface area contributed by atoms with Gasteiger partial charge >= 0.3 is 0 Å². The molecule has 1 unspecified atom stereocenters. The van der Waals surface area contributed by atoms with Crippen molar-refractivity contribution >= 4 is 33.3 Å². The molecule has 0 N–H and O–H groups in total. The molecule has 5 rings (SSSR count). The highest BCUT2D eigenvalue weighted by molar-refractivity contribution is 7.15. The predicted octanol–water partition coefficient (Wildman–Crippen LogP) is 6.54. The molecule has 0 saturated carbocycles. The number of nitrogens with zero attached hydrogens (tertiary/aromatic N) is 3. The van der Waals surface area contributed by atoms with Gasteiger partial charge in [-0.15, -0.1) is 10.2 Å². The van der Waals surface area contributed by atoms with Crippen molar-refractivity contribution in [3.05, 3.63) is 73.6 Å². The van der Waals surface area contributed by atoms with E-state index in [1.54, 1.807) is 0 Å². The number of amides is 1. The van der Waals surface area contributed by atoms with Gasteiger partial charge in [-0.1, -0.05) is 44.1 Å². The smallest absolute Gasteiger partial charge is 0.297 e. The van der Waals surface area contributed by atoms with Crippen molar-refractivity contribution in [3.63, 3.8) is 0 Å². The van der Waals surface area contributed by atoms with Crippen LogP contribution in [0.5, 0.6) is 11.5 Å². The topological polar surface area (TPSA) is 94.8 Å². The number of fused-ring (bicyclic) bond motifs is 2. The minimum absolute atomic E-state index is 0.0341. The van der Waals surface area contributed by atoms with Crippen LogP contribution in [0.4, 0.5) is 5.13 Å². The Kier molecular flexibility index (Phi) is 7.70. The number of aromatic nitrogens is 2. The van der Waals surface area contributed by atoms with Crippen molar-refractivity contribution in [2.24, 2.45) is 0 Å². The van der Waals surface area contributed by atoms with E-state index in [4.69, 9.17) is 13.9 Å². The number of ether oxygens (including phenoxy) is 2. The molecule has 0 spiro atoms. The number of carbonyl (C=O) groups is 1. The summed E-state index contributed by atoms with van der Waals surface area (Å²) in [7, 11) is 0. The summed E-state index contributed by atoms with van der Waals surface area (Å²) >= 11 is 1.33. The molecule has 2 aromatic carbocycles. The van der Waals surface area contributed by atoms with Gasteiger partial charge in [0.05, 0.1) is 30.2 Å². The number of benzene rings is 2. The number of aryl methyl sites for hydroxylation is 3. The van der Waals surface area contributed by atoms with Crippen LogP contribution in [0.15, 0.2) is 39.5 Å². The minimum atomic E-state index is -0.749. The van der Waals surface area contributed by atoms with E-state index in [1.807, 2.05) is 58.0 Å². The van der Waals surface area contributed by atoms with E-state index in [2.05, 4.69) is 17.1 Å². The molecule has 0 bridgehead atoms. The van der Waals surface area contributed by atoms with E-state index < -0.39 is 11.9 Å². The van der Waals surface area contributed by atoms with Crippen LogP contribution in [-0.4, -0.2) is 29.3 Å². The zero-order valence-electron chi connectivity index (χ0n) is 23.0. The van der Waals surface area contributed by atoms with Gasteiger partial charge in [-0.25, -0.2) is 0 Å². The second-order valence-electron chi connectivity index (χ2n) is 9.71. The average Bonchev–Trinajstić information content (AvgIpc) is 3.51. The van der Waals surface area contributed by atoms with Gasteiger partial charge in [0.25, 0.3) is 5.91 Å². The minimum Gasteiger partial charge on any atom is -0.490 e. The maximum absolute atomic E-state index is 14.0. The molecule has 0 fully saturated rings. The van der Waals surface area contributed by atoms with Crippen LogP contribution in [0.25, 0.3) is 11.0 Å². The molecule has 0 saturated heterocycles. The summed E-state index contributed by atoms with van der Waals surface area (Å²) in [5, 5.41) is 10.2. The Bertz CT molecular complexity index is 1590. The first kappa shape index (κ1) is 26.9. The Morgan fingerprint density at radius 3 is 2.49 bits per heavy atom. The van der Waals surface area contributed by atoms with E-state index in [0.717, 1.165) is 35.4 Å². The molecule has 1 aliphatic heterocycles. The van der Waals surface area contributed by atoms with E-state index in [-0.39, 0.29) is 11.2 Å². The second kappa shape index (κ2) is 11.2. The van der Waals surface area contributed by atoms with Gasteiger partial charge in [0.15, 0.2) is 16.9 Å². The summed E-state index contributed by atoms with van der Waals surface area (Å²) in [4.78, 5) is 29.4.